The molecule has 0 amide bonds. The molecule has 2 aromatic rings. The van der Waals surface area contributed by atoms with Crippen LogP contribution >= 0.6 is 0 Å². The molecular weight excluding hydrogens is 644 g/mol. The summed E-state index contributed by atoms with van der Waals surface area (Å²) >= 11 is 0. The van der Waals surface area contributed by atoms with E-state index in [-0.39, 0.29) is 59.1 Å². The SMILES string of the molecule is O=S(=O)([N-]S(=O)(=O)C(F)(F)F)c1cc(-c2ccc(O)c(S(=O)(=O)[N-]S(=O)(=O)C(F)(F)F)c2)ccc1O.[Na+].[Na+]. The second-order valence-electron chi connectivity index (χ2n) is 6.31. The van der Waals surface area contributed by atoms with Crippen molar-refractivity contribution in [3.63, 3.8) is 0 Å². The van der Waals surface area contributed by atoms with E-state index in [1.165, 1.54) is 0 Å². The Kier molecular flexibility index (Phi) is 11.9. The Morgan fingerprint density at radius 2 is 0.816 bits per heavy atom. The number of phenols is 2. The first-order chi connectivity index (χ1) is 15.9. The summed E-state index contributed by atoms with van der Waals surface area (Å²) in [6.45, 7) is 0. The fourth-order valence-electron chi connectivity index (χ4n) is 2.22. The van der Waals surface area contributed by atoms with E-state index in [2.05, 4.69) is 0 Å². The summed E-state index contributed by atoms with van der Waals surface area (Å²) in [7, 11) is -24.8. The van der Waals surface area contributed by atoms with Gasteiger partial charge in [0.15, 0.2) is 20.0 Å². The molecule has 2 aromatic carbocycles. The summed E-state index contributed by atoms with van der Waals surface area (Å²) in [5, 5.41) is 19.4. The molecule has 0 spiro atoms. The molecule has 0 bridgehead atoms. The van der Waals surface area contributed by atoms with E-state index in [1.807, 2.05) is 0 Å². The first-order valence-corrected chi connectivity index (χ1v) is 13.9. The van der Waals surface area contributed by atoms with Gasteiger partial charge in [0.25, 0.3) is 0 Å². The molecule has 0 unspecified atom stereocenters. The number of benzene rings is 2. The van der Waals surface area contributed by atoms with Crippen LogP contribution in [0.4, 0.5) is 26.3 Å². The van der Waals surface area contributed by atoms with Gasteiger partial charge in [-0.1, -0.05) is 12.1 Å². The summed E-state index contributed by atoms with van der Waals surface area (Å²) in [6.07, 6.45) is 0. The molecule has 2 rings (SSSR count). The van der Waals surface area contributed by atoms with Gasteiger partial charge in [0.05, 0.1) is 9.79 Å². The quantitative estimate of drug-likeness (QED) is 0.224. The summed E-state index contributed by atoms with van der Waals surface area (Å²) in [6, 6.07) is 3.20. The zero-order valence-corrected chi connectivity index (χ0v) is 25.7. The molecule has 0 aromatic heterocycles. The summed E-state index contributed by atoms with van der Waals surface area (Å²) in [4.78, 5) is -3.04. The number of sulfonamides is 4. The van der Waals surface area contributed by atoms with E-state index in [1.54, 1.807) is 8.25 Å². The van der Waals surface area contributed by atoms with Crippen molar-refractivity contribution in [2.45, 2.75) is 20.8 Å². The van der Waals surface area contributed by atoms with Crippen LogP contribution < -0.4 is 59.1 Å². The number of rotatable bonds is 7. The maximum atomic E-state index is 12.5. The maximum Gasteiger partial charge on any atom is 1.00 e. The standard InChI is InChI=1S/C14H8F6N2O10S4.2Na/c15-13(16,17)35(29,30)21-33(25,26)11-5-7(1-3-9(11)23)8-2-4-10(24)12(6-8)34(27,28)22-36(31,32)14(18,19)20;;/h1-6,23-24H;;/q-2;2*+1. The van der Waals surface area contributed by atoms with Crippen LogP contribution in [0.3, 0.4) is 0 Å². The Morgan fingerprint density at radius 3 is 1.05 bits per heavy atom. The largest absolute Gasteiger partial charge is 1.00 e. The molecule has 0 aliphatic rings. The first kappa shape index (κ1) is 37.3. The normalized spacial score (nSPS) is 13.3. The smallest absolute Gasteiger partial charge is 0.507 e. The van der Waals surface area contributed by atoms with Crippen LogP contribution in [0.5, 0.6) is 11.5 Å². The van der Waals surface area contributed by atoms with Crippen LogP contribution in [0.15, 0.2) is 46.2 Å². The molecule has 0 heterocycles. The molecule has 202 valence electrons. The molecule has 0 atom stereocenters. The molecule has 0 aliphatic carbocycles. The third-order valence-corrected chi connectivity index (χ3v) is 9.86. The minimum atomic E-state index is -6.61. The third-order valence-electron chi connectivity index (χ3n) is 3.79. The molecule has 0 fully saturated rings. The van der Waals surface area contributed by atoms with Gasteiger partial charge in [-0.05, 0) is 35.4 Å². The van der Waals surface area contributed by atoms with Gasteiger partial charge >= 0.3 is 70.1 Å². The van der Waals surface area contributed by atoms with Gasteiger partial charge in [0.1, 0.15) is 31.5 Å². The van der Waals surface area contributed by atoms with Crippen LogP contribution in [0.25, 0.3) is 19.4 Å². The fourth-order valence-corrected chi connectivity index (χ4v) is 6.83. The first-order valence-electron chi connectivity index (χ1n) is 8.19. The Bertz CT molecular complexity index is 1520. The van der Waals surface area contributed by atoms with Gasteiger partial charge in [-0.15, -0.1) is 0 Å². The van der Waals surface area contributed by atoms with E-state index in [0.29, 0.717) is 24.3 Å². The van der Waals surface area contributed by atoms with Crippen molar-refractivity contribution in [3.8, 4) is 22.6 Å². The number of nitrogens with zero attached hydrogens (tertiary/aromatic N) is 2. The van der Waals surface area contributed by atoms with Gasteiger partial charge in [0, 0.05) is 0 Å². The minimum Gasteiger partial charge on any atom is -0.507 e. The topological polar surface area (TPSA) is 205 Å². The van der Waals surface area contributed by atoms with Crippen molar-refractivity contribution >= 4 is 40.1 Å². The van der Waals surface area contributed by atoms with E-state index < -0.39 is 83.5 Å². The van der Waals surface area contributed by atoms with Crippen molar-refractivity contribution in [1.82, 2.24) is 0 Å². The molecule has 24 heteroatoms. The summed E-state index contributed by atoms with van der Waals surface area (Å²) in [5.41, 5.74) is -13.3. The van der Waals surface area contributed by atoms with Crippen molar-refractivity contribution in [2.24, 2.45) is 0 Å². The van der Waals surface area contributed by atoms with Crippen molar-refractivity contribution < 1.29 is 129 Å². The predicted octanol–water partition coefficient (Wildman–Crippen LogP) is -3.40. The van der Waals surface area contributed by atoms with Crippen molar-refractivity contribution in [2.75, 3.05) is 0 Å². The average molecular weight is 652 g/mol. The molecular formula is C14H8F6N2Na2O10S4. The summed E-state index contributed by atoms with van der Waals surface area (Å²) in [5.74, 6) is -2.62. The molecule has 0 aliphatic heterocycles. The number of halogens is 6. The van der Waals surface area contributed by atoms with Crippen molar-refractivity contribution in [3.05, 3.63) is 44.7 Å². The van der Waals surface area contributed by atoms with Gasteiger partial charge in [-0.2, -0.15) is 26.3 Å². The van der Waals surface area contributed by atoms with Gasteiger partial charge in [0.2, 0.25) is 0 Å². The monoisotopic (exact) mass is 652 g/mol. The number of hydrogen-bond acceptors (Lipinski definition) is 10. The molecule has 12 nitrogen and oxygen atoms in total. The molecule has 0 saturated heterocycles. The van der Waals surface area contributed by atoms with Crippen LogP contribution in [-0.2, 0) is 40.1 Å². The Morgan fingerprint density at radius 1 is 0.553 bits per heavy atom. The van der Waals surface area contributed by atoms with E-state index in [9.17, 15) is 70.2 Å². The predicted molar refractivity (Wildman–Crippen MR) is 106 cm³/mol. The minimum absolute atomic E-state index is 0. The van der Waals surface area contributed by atoms with Gasteiger partial charge in [-0.25, -0.2) is 33.7 Å². The molecule has 0 radical (unpaired) electrons. The molecule has 38 heavy (non-hydrogen) atoms. The number of phenolic OH excluding ortho intramolecular Hbond substituents is 2. The zero-order chi connectivity index (χ0) is 28.1. The summed E-state index contributed by atoms with van der Waals surface area (Å²) < 4.78 is 171. The Balaban J connectivity index is 0.00000684. The van der Waals surface area contributed by atoms with Crippen molar-refractivity contribution in [1.29, 1.82) is 0 Å². The van der Waals surface area contributed by atoms with Crippen LogP contribution in [0, 0.1) is 0 Å². The number of alkyl halides is 6. The maximum absolute atomic E-state index is 12.5. The third kappa shape index (κ3) is 8.19. The van der Waals surface area contributed by atoms with Crippen LogP contribution in [0.1, 0.15) is 0 Å². The fraction of sp³-hybridized carbons (Fsp3) is 0.143. The second kappa shape index (κ2) is 12.1. The van der Waals surface area contributed by atoms with E-state index >= 15 is 0 Å². The van der Waals surface area contributed by atoms with E-state index in [0.717, 1.165) is 12.1 Å². The Hall–Kier alpha value is -0.660. The molecule has 2 N–H and O–H groups in total. The number of hydrogen-bond donors (Lipinski definition) is 2. The van der Waals surface area contributed by atoms with Gasteiger partial charge < -0.3 is 18.5 Å². The van der Waals surface area contributed by atoms with Gasteiger partial charge in [-0.3, -0.25) is 0 Å². The zero-order valence-electron chi connectivity index (χ0n) is 18.4. The van der Waals surface area contributed by atoms with Crippen LogP contribution in [-0.4, -0.2) is 54.9 Å². The molecule has 0 saturated carbocycles. The average Bonchev–Trinajstić information content (AvgIpc) is 2.65. The number of aromatic hydroxyl groups is 2. The van der Waals surface area contributed by atoms with E-state index in [4.69, 9.17) is 0 Å². The Labute approximate surface area is 255 Å². The second-order valence-corrected chi connectivity index (χ2v) is 13.1. The van der Waals surface area contributed by atoms with Crippen LogP contribution in [0.2, 0.25) is 0 Å².